The van der Waals surface area contributed by atoms with E-state index in [1.54, 1.807) is 6.92 Å². The Hall–Kier alpha value is -1.04. The van der Waals surface area contributed by atoms with Gasteiger partial charge in [0.1, 0.15) is 11.9 Å². The van der Waals surface area contributed by atoms with Crippen LogP contribution in [0.4, 0.5) is 13.2 Å². The molecule has 1 atom stereocenters. The first-order valence-electron chi connectivity index (χ1n) is 5.78. The number of imidazole rings is 1. The van der Waals surface area contributed by atoms with Gasteiger partial charge in [-0.25, -0.2) is 4.98 Å². The van der Waals surface area contributed by atoms with Gasteiger partial charge in [0.15, 0.2) is 0 Å². The molecule has 0 fully saturated rings. The van der Waals surface area contributed by atoms with E-state index < -0.39 is 18.8 Å². The van der Waals surface area contributed by atoms with Crippen LogP contribution < -0.4 is 5.73 Å². The SMILES string of the molecule is Cc1nc2c(n1C(CN)C(F)(F)F)CCCC2. The van der Waals surface area contributed by atoms with Crippen molar-refractivity contribution in [3.05, 3.63) is 17.2 Å². The van der Waals surface area contributed by atoms with E-state index in [4.69, 9.17) is 5.73 Å². The molecular formula is C11H16F3N3. The zero-order valence-electron chi connectivity index (χ0n) is 9.72. The van der Waals surface area contributed by atoms with Gasteiger partial charge in [0, 0.05) is 12.2 Å². The van der Waals surface area contributed by atoms with Gasteiger partial charge >= 0.3 is 6.18 Å². The molecule has 6 heteroatoms. The average Bonchev–Trinajstić information content (AvgIpc) is 2.55. The molecule has 0 aliphatic heterocycles. The highest BCUT2D eigenvalue weighted by Crippen LogP contribution is 2.34. The number of hydrogen-bond acceptors (Lipinski definition) is 2. The summed E-state index contributed by atoms with van der Waals surface area (Å²) in [6, 6.07) is -1.64. The van der Waals surface area contributed by atoms with Crippen molar-refractivity contribution in [2.75, 3.05) is 6.54 Å². The Kier molecular flexibility index (Phi) is 3.16. The number of rotatable bonds is 2. The van der Waals surface area contributed by atoms with E-state index in [0.29, 0.717) is 12.2 Å². The second-order valence-corrected chi connectivity index (χ2v) is 4.42. The summed E-state index contributed by atoms with van der Waals surface area (Å²) in [6.07, 6.45) is -0.942. The Balaban J connectivity index is 2.46. The fourth-order valence-corrected chi connectivity index (χ4v) is 2.50. The highest BCUT2D eigenvalue weighted by molar-refractivity contribution is 5.21. The minimum atomic E-state index is -4.31. The Bertz CT molecular complexity index is 409. The van der Waals surface area contributed by atoms with E-state index in [9.17, 15) is 13.2 Å². The molecule has 1 aromatic heterocycles. The van der Waals surface area contributed by atoms with E-state index >= 15 is 0 Å². The van der Waals surface area contributed by atoms with Crippen LogP contribution in [0.3, 0.4) is 0 Å². The molecular weight excluding hydrogens is 231 g/mol. The fraction of sp³-hybridized carbons (Fsp3) is 0.727. The van der Waals surface area contributed by atoms with Crippen molar-refractivity contribution in [2.45, 2.75) is 44.8 Å². The summed E-state index contributed by atoms with van der Waals surface area (Å²) in [7, 11) is 0. The molecule has 2 N–H and O–H groups in total. The third kappa shape index (κ3) is 2.18. The molecule has 1 unspecified atom stereocenters. The van der Waals surface area contributed by atoms with Crippen LogP contribution in [0.5, 0.6) is 0 Å². The molecule has 1 aliphatic rings. The molecule has 0 radical (unpaired) electrons. The molecule has 96 valence electrons. The van der Waals surface area contributed by atoms with Crippen molar-refractivity contribution in [3.63, 3.8) is 0 Å². The number of fused-ring (bicyclic) bond motifs is 1. The molecule has 1 aliphatic carbocycles. The largest absolute Gasteiger partial charge is 0.410 e. The highest BCUT2D eigenvalue weighted by Gasteiger charge is 2.42. The Morgan fingerprint density at radius 2 is 2.00 bits per heavy atom. The van der Waals surface area contributed by atoms with Gasteiger partial charge in [-0.1, -0.05) is 0 Å². The minimum Gasteiger partial charge on any atom is -0.328 e. The lowest BCUT2D eigenvalue weighted by Crippen LogP contribution is -2.34. The zero-order valence-corrected chi connectivity index (χ0v) is 9.72. The lowest BCUT2D eigenvalue weighted by Gasteiger charge is -2.24. The zero-order chi connectivity index (χ0) is 12.6. The van der Waals surface area contributed by atoms with Gasteiger partial charge in [0.2, 0.25) is 0 Å². The number of alkyl halides is 3. The molecule has 0 bridgehead atoms. The number of aryl methyl sites for hydroxylation is 2. The first-order valence-corrected chi connectivity index (χ1v) is 5.78. The molecule has 0 aromatic carbocycles. The second kappa shape index (κ2) is 4.33. The first-order chi connectivity index (χ1) is 7.95. The molecule has 1 aromatic rings. The van der Waals surface area contributed by atoms with E-state index in [0.717, 1.165) is 30.7 Å². The average molecular weight is 247 g/mol. The van der Waals surface area contributed by atoms with Gasteiger partial charge in [-0.15, -0.1) is 0 Å². The lowest BCUT2D eigenvalue weighted by atomic mass is 10.0. The van der Waals surface area contributed by atoms with Crippen LogP contribution in [-0.2, 0) is 12.8 Å². The van der Waals surface area contributed by atoms with Crippen LogP contribution in [-0.4, -0.2) is 22.3 Å². The third-order valence-corrected chi connectivity index (χ3v) is 3.26. The predicted octanol–water partition coefficient (Wildman–Crippen LogP) is 2.13. The van der Waals surface area contributed by atoms with E-state index in [-0.39, 0.29) is 0 Å². The normalized spacial score (nSPS) is 17.9. The highest BCUT2D eigenvalue weighted by atomic mass is 19.4. The third-order valence-electron chi connectivity index (χ3n) is 3.26. The summed E-state index contributed by atoms with van der Waals surface area (Å²) in [4.78, 5) is 4.24. The smallest absolute Gasteiger partial charge is 0.328 e. The van der Waals surface area contributed by atoms with Gasteiger partial charge in [0.05, 0.1) is 5.69 Å². The summed E-state index contributed by atoms with van der Waals surface area (Å²) >= 11 is 0. The maximum Gasteiger partial charge on any atom is 0.410 e. The van der Waals surface area contributed by atoms with Crippen molar-refractivity contribution in [3.8, 4) is 0 Å². The number of nitrogens with two attached hydrogens (primary N) is 1. The molecule has 17 heavy (non-hydrogen) atoms. The van der Waals surface area contributed by atoms with Crippen molar-refractivity contribution >= 4 is 0 Å². The second-order valence-electron chi connectivity index (χ2n) is 4.42. The molecule has 2 rings (SSSR count). The van der Waals surface area contributed by atoms with Crippen LogP contribution in [0.1, 0.15) is 36.1 Å². The van der Waals surface area contributed by atoms with Gasteiger partial charge < -0.3 is 10.3 Å². The monoisotopic (exact) mass is 247 g/mol. The minimum absolute atomic E-state index is 0.421. The summed E-state index contributed by atoms with van der Waals surface area (Å²) in [5.41, 5.74) is 6.82. The maximum absolute atomic E-state index is 12.9. The van der Waals surface area contributed by atoms with Crippen LogP contribution in [0.25, 0.3) is 0 Å². The summed E-state index contributed by atoms with van der Waals surface area (Å²) in [5.74, 6) is 0.421. The molecule has 0 amide bonds. The van der Waals surface area contributed by atoms with Crippen LogP contribution in [0.15, 0.2) is 0 Å². The summed E-state index contributed by atoms with van der Waals surface area (Å²) < 4.78 is 40.0. The number of aromatic nitrogens is 2. The lowest BCUT2D eigenvalue weighted by molar-refractivity contribution is -0.165. The Labute approximate surface area is 97.8 Å². The number of hydrogen-bond donors (Lipinski definition) is 1. The van der Waals surface area contributed by atoms with Crippen LogP contribution in [0, 0.1) is 6.92 Å². The summed E-state index contributed by atoms with van der Waals surface area (Å²) in [6.45, 7) is 1.18. The fourth-order valence-electron chi connectivity index (χ4n) is 2.50. The van der Waals surface area contributed by atoms with Crippen molar-refractivity contribution < 1.29 is 13.2 Å². The molecule has 3 nitrogen and oxygen atoms in total. The number of halogens is 3. The Morgan fingerprint density at radius 3 is 2.59 bits per heavy atom. The first kappa shape index (κ1) is 12.4. The van der Waals surface area contributed by atoms with Crippen LogP contribution in [0.2, 0.25) is 0 Å². The van der Waals surface area contributed by atoms with E-state index in [1.807, 2.05) is 0 Å². The predicted molar refractivity (Wildman–Crippen MR) is 57.8 cm³/mol. The van der Waals surface area contributed by atoms with Crippen molar-refractivity contribution in [1.29, 1.82) is 0 Å². The topological polar surface area (TPSA) is 43.8 Å². The van der Waals surface area contributed by atoms with Crippen LogP contribution >= 0.6 is 0 Å². The van der Waals surface area contributed by atoms with Crippen molar-refractivity contribution in [2.24, 2.45) is 5.73 Å². The maximum atomic E-state index is 12.9. The molecule has 0 saturated carbocycles. The van der Waals surface area contributed by atoms with Gasteiger partial charge in [-0.2, -0.15) is 13.2 Å². The van der Waals surface area contributed by atoms with Crippen molar-refractivity contribution in [1.82, 2.24) is 9.55 Å². The molecule has 1 heterocycles. The standard InChI is InChI=1S/C11H16F3N3/c1-7-16-8-4-2-3-5-9(8)17(7)10(6-15)11(12,13)14/h10H,2-6,15H2,1H3. The molecule has 0 saturated heterocycles. The number of nitrogens with zero attached hydrogens (tertiary/aromatic N) is 2. The van der Waals surface area contributed by atoms with Gasteiger partial charge in [0.25, 0.3) is 0 Å². The van der Waals surface area contributed by atoms with E-state index in [1.165, 1.54) is 4.57 Å². The van der Waals surface area contributed by atoms with E-state index in [2.05, 4.69) is 4.98 Å². The van der Waals surface area contributed by atoms with Gasteiger partial charge in [-0.3, -0.25) is 0 Å². The quantitative estimate of drug-likeness (QED) is 0.870. The Morgan fingerprint density at radius 1 is 1.35 bits per heavy atom. The summed E-state index contributed by atoms with van der Waals surface area (Å²) in [5, 5.41) is 0. The molecule has 0 spiro atoms. The van der Waals surface area contributed by atoms with Gasteiger partial charge in [-0.05, 0) is 32.6 Å².